The fourth-order valence-corrected chi connectivity index (χ4v) is 0.949. The molecule has 70 valence electrons. The molecule has 0 spiro atoms. The van der Waals surface area contributed by atoms with Crippen LogP contribution in [0.5, 0.6) is 0 Å². The Morgan fingerprint density at radius 2 is 2.29 bits per heavy atom. The highest BCUT2D eigenvalue weighted by atomic mass is 16.2. The number of pyridine rings is 1. The summed E-state index contributed by atoms with van der Waals surface area (Å²) < 4.78 is 0. The molecule has 0 radical (unpaired) electrons. The molecule has 0 saturated heterocycles. The maximum Gasteiger partial charge on any atom is 0.267 e. The van der Waals surface area contributed by atoms with Crippen LogP contribution in [0.3, 0.4) is 0 Å². The van der Waals surface area contributed by atoms with Gasteiger partial charge in [-0.15, -0.1) is 6.58 Å². The lowest BCUT2D eigenvalue weighted by molar-refractivity contribution is 0.0844. The number of carbonyl (C=O) groups is 1. The van der Waals surface area contributed by atoms with Crippen molar-refractivity contribution in [1.29, 1.82) is 5.26 Å². The molecule has 1 aromatic rings. The third-order valence-electron chi connectivity index (χ3n) is 1.60. The van der Waals surface area contributed by atoms with Gasteiger partial charge in [0.1, 0.15) is 0 Å². The average Bonchev–Trinajstić information content (AvgIpc) is 2.26. The predicted octanol–water partition coefficient (Wildman–Crippen LogP) is 1.19. The smallest absolute Gasteiger partial charge is 0.267 e. The summed E-state index contributed by atoms with van der Waals surface area (Å²) in [5, 5.41) is 8.68. The van der Waals surface area contributed by atoms with Gasteiger partial charge in [-0.2, -0.15) is 5.26 Å². The zero-order chi connectivity index (χ0) is 10.4. The Morgan fingerprint density at radius 3 is 2.79 bits per heavy atom. The molecular formula is C10H9N3O. The van der Waals surface area contributed by atoms with Crippen LogP contribution in [0.2, 0.25) is 0 Å². The molecule has 0 atom stereocenters. The van der Waals surface area contributed by atoms with Gasteiger partial charge < -0.3 is 0 Å². The monoisotopic (exact) mass is 187 g/mol. The second-order valence-corrected chi connectivity index (χ2v) is 2.54. The SMILES string of the molecule is C=CCN(C#N)C(=O)c1ccncc1. The van der Waals surface area contributed by atoms with Gasteiger partial charge in [-0.25, -0.2) is 4.90 Å². The third-order valence-corrected chi connectivity index (χ3v) is 1.60. The molecule has 4 heteroatoms. The van der Waals surface area contributed by atoms with Crippen LogP contribution < -0.4 is 0 Å². The highest BCUT2D eigenvalue weighted by Gasteiger charge is 2.12. The molecule has 1 heterocycles. The average molecular weight is 187 g/mol. The van der Waals surface area contributed by atoms with E-state index in [1.165, 1.54) is 18.5 Å². The molecule has 0 unspecified atom stereocenters. The minimum atomic E-state index is -0.338. The molecule has 0 aliphatic rings. The van der Waals surface area contributed by atoms with Crippen molar-refractivity contribution < 1.29 is 4.79 Å². The van der Waals surface area contributed by atoms with Gasteiger partial charge in [0.15, 0.2) is 6.19 Å². The molecule has 0 N–H and O–H groups in total. The van der Waals surface area contributed by atoms with Gasteiger partial charge in [-0.3, -0.25) is 9.78 Å². The van der Waals surface area contributed by atoms with Gasteiger partial charge in [-0.05, 0) is 12.1 Å². The summed E-state index contributed by atoms with van der Waals surface area (Å²) in [7, 11) is 0. The van der Waals surface area contributed by atoms with Crippen LogP contribution in [0, 0.1) is 11.5 Å². The molecule has 0 aromatic carbocycles. The molecule has 0 bridgehead atoms. The van der Waals surface area contributed by atoms with Gasteiger partial charge in [-0.1, -0.05) is 6.08 Å². The Bertz CT molecular complexity index is 367. The van der Waals surface area contributed by atoms with Gasteiger partial charge in [0.2, 0.25) is 0 Å². The summed E-state index contributed by atoms with van der Waals surface area (Å²) in [4.78, 5) is 16.4. The minimum Gasteiger partial charge on any atom is -0.268 e. The van der Waals surface area contributed by atoms with E-state index in [1.54, 1.807) is 18.3 Å². The highest BCUT2D eigenvalue weighted by Crippen LogP contribution is 2.02. The number of hydrogen-bond acceptors (Lipinski definition) is 3. The molecule has 0 aliphatic heterocycles. The molecule has 1 rings (SSSR count). The van der Waals surface area contributed by atoms with Crippen LogP contribution in [-0.4, -0.2) is 22.3 Å². The van der Waals surface area contributed by atoms with E-state index < -0.39 is 0 Å². The van der Waals surface area contributed by atoms with E-state index in [4.69, 9.17) is 5.26 Å². The van der Waals surface area contributed by atoms with E-state index in [2.05, 4.69) is 11.6 Å². The van der Waals surface area contributed by atoms with Gasteiger partial charge in [0.25, 0.3) is 5.91 Å². The van der Waals surface area contributed by atoms with E-state index in [-0.39, 0.29) is 12.5 Å². The largest absolute Gasteiger partial charge is 0.268 e. The number of aromatic nitrogens is 1. The van der Waals surface area contributed by atoms with Crippen LogP contribution in [0.1, 0.15) is 10.4 Å². The van der Waals surface area contributed by atoms with E-state index in [1.807, 2.05) is 0 Å². The van der Waals surface area contributed by atoms with Gasteiger partial charge in [0, 0.05) is 18.0 Å². The summed E-state index contributed by atoms with van der Waals surface area (Å²) >= 11 is 0. The number of carbonyl (C=O) groups excluding carboxylic acids is 1. The fraction of sp³-hybridized carbons (Fsp3) is 0.100. The second kappa shape index (κ2) is 4.77. The van der Waals surface area contributed by atoms with E-state index in [9.17, 15) is 4.79 Å². The Hall–Kier alpha value is -2.15. The minimum absolute atomic E-state index is 0.220. The molecule has 4 nitrogen and oxygen atoms in total. The molecule has 1 aromatic heterocycles. The second-order valence-electron chi connectivity index (χ2n) is 2.54. The summed E-state index contributed by atoms with van der Waals surface area (Å²) in [6, 6.07) is 3.13. The summed E-state index contributed by atoms with van der Waals surface area (Å²) in [6.45, 7) is 3.69. The van der Waals surface area contributed by atoms with E-state index >= 15 is 0 Å². The molecular weight excluding hydrogens is 178 g/mol. The topological polar surface area (TPSA) is 57.0 Å². The molecule has 0 saturated carbocycles. The van der Waals surface area contributed by atoms with Crippen LogP contribution in [0.15, 0.2) is 37.2 Å². The van der Waals surface area contributed by atoms with Crippen molar-refractivity contribution in [3.63, 3.8) is 0 Å². The maximum atomic E-state index is 11.6. The van der Waals surface area contributed by atoms with Crippen molar-refractivity contribution in [2.45, 2.75) is 0 Å². The number of rotatable bonds is 3. The van der Waals surface area contributed by atoms with Crippen LogP contribution >= 0.6 is 0 Å². The highest BCUT2D eigenvalue weighted by molar-refractivity contribution is 5.95. The lowest BCUT2D eigenvalue weighted by atomic mass is 10.2. The van der Waals surface area contributed by atoms with Crippen molar-refractivity contribution in [3.05, 3.63) is 42.7 Å². The normalized spacial score (nSPS) is 8.79. The Morgan fingerprint density at radius 1 is 1.64 bits per heavy atom. The number of hydrogen-bond donors (Lipinski definition) is 0. The number of amides is 1. The number of nitrogens with zero attached hydrogens (tertiary/aromatic N) is 3. The standard InChI is InChI=1S/C10H9N3O/c1-2-7-13(8-11)10(14)9-3-5-12-6-4-9/h2-6H,1,7H2. The first-order chi connectivity index (χ1) is 6.79. The van der Waals surface area contributed by atoms with Crippen molar-refractivity contribution in [3.8, 4) is 6.19 Å². The van der Waals surface area contributed by atoms with Crippen LogP contribution in [-0.2, 0) is 0 Å². The van der Waals surface area contributed by atoms with Gasteiger partial charge >= 0.3 is 0 Å². The first kappa shape index (κ1) is 9.93. The van der Waals surface area contributed by atoms with Crippen molar-refractivity contribution >= 4 is 5.91 Å². The van der Waals surface area contributed by atoms with Gasteiger partial charge in [0.05, 0.1) is 6.54 Å². The Balaban J connectivity index is 2.85. The first-order valence-electron chi connectivity index (χ1n) is 4.02. The molecule has 14 heavy (non-hydrogen) atoms. The van der Waals surface area contributed by atoms with Crippen molar-refractivity contribution in [1.82, 2.24) is 9.88 Å². The summed E-state index contributed by atoms with van der Waals surface area (Å²) in [6.07, 6.45) is 6.32. The lowest BCUT2D eigenvalue weighted by Crippen LogP contribution is -2.26. The zero-order valence-electron chi connectivity index (χ0n) is 7.55. The van der Waals surface area contributed by atoms with Crippen LogP contribution in [0.4, 0.5) is 0 Å². The Labute approximate surface area is 82.1 Å². The predicted molar refractivity (Wildman–Crippen MR) is 51.1 cm³/mol. The third kappa shape index (κ3) is 2.17. The lowest BCUT2D eigenvalue weighted by Gasteiger charge is -2.10. The molecule has 0 aliphatic carbocycles. The number of nitriles is 1. The summed E-state index contributed by atoms with van der Waals surface area (Å²) in [5.41, 5.74) is 0.448. The molecule has 1 amide bonds. The maximum absolute atomic E-state index is 11.6. The van der Waals surface area contributed by atoms with E-state index in [0.29, 0.717) is 5.56 Å². The fourth-order valence-electron chi connectivity index (χ4n) is 0.949. The molecule has 0 fully saturated rings. The van der Waals surface area contributed by atoms with Crippen molar-refractivity contribution in [2.75, 3.05) is 6.54 Å². The van der Waals surface area contributed by atoms with Crippen LogP contribution in [0.25, 0.3) is 0 Å². The summed E-state index contributed by atoms with van der Waals surface area (Å²) in [5.74, 6) is -0.338. The van der Waals surface area contributed by atoms with Crippen molar-refractivity contribution in [2.24, 2.45) is 0 Å². The van der Waals surface area contributed by atoms with E-state index in [0.717, 1.165) is 4.90 Å². The Kier molecular flexibility index (Phi) is 3.39. The first-order valence-corrected chi connectivity index (χ1v) is 4.02. The zero-order valence-corrected chi connectivity index (χ0v) is 7.55. The quantitative estimate of drug-likeness (QED) is 0.405.